The van der Waals surface area contributed by atoms with Gasteiger partial charge in [-0.1, -0.05) is 176 Å². The highest BCUT2D eigenvalue weighted by molar-refractivity contribution is 5.71. The molecule has 0 spiro atoms. The first-order chi connectivity index (χ1) is 27.0. The quantitative estimate of drug-likeness (QED) is 0.0205. The van der Waals surface area contributed by atoms with Crippen LogP contribution in [0.5, 0.6) is 0 Å². The maximum Gasteiger partial charge on any atom is 0.306 e. The lowest BCUT2D eigenvalue weighted by Gasteiger charge is -2.18. The van der Waals surface area contributed by atoms with Crippen molar-refractivity contribution in [2.24, 2.45) is 0 Å². The van der Waals surface area contributed by atoms with E-state index in [9.17, 15) is 14.4 Å². The largest absolute Gasteiger partial charge is 0.462 e. The summed E-state index contributed by atoms with van der Waals surface area (Å²) in [5, 5.41) is 0. The molecular weight excluding hydrogens is 685 g/mol. The SMILES string of the molecule is CC\C=C/C=C\C=C/C=C\CCCCCC(=O)OCC(COC(=O)CCCCCCC/C=C\CCCC)OC(=O)CC/C=C\C/C=C\CCCCCCCC. The van der Waals surface area contributed by atoms with Crippen LogP contribution in [0, 0.1) is 0 Å². The monoisotopic (exact) mass is 765 g/mol. The van der Waals surface area contributed by atoms with Crippen molar-refractivity contribution in [2.75, 3.05) is 13.2 Å². The number of ether oxygens (including phenoxy) is 3. The van der Waals surface area contributed by atoms with Gasteiger partial charge in [0.2, 0.25) is 0 Å². The molecule has 0 aliphatic heterocycles. The van der Waals surface area contributed by atoms with Crippen LogP contribution in [-0.4, -0.2) is 37.2 Å². The summed E-state index contributed by atoms with van der Waals surface area (Å²) < 4.78 is 16.6. The average Bonchev–Trinajstić information content (AvgIpc) is 3.18. The fourth-order valence-electron chi connectivity index (χ4n) is 5.60. The molecule has 0 radical (unpaired) electrons. The molecule has 0 amide bonds. The molecular formula is C49H80O6. The highest BCUT2D eigenvalue weighted by atomic mass is 16.6. The normalized spacial score (nSPS) is 12.9. The Morgan fingerprint density at radius 2 is 0.836 bits per heavy atom. The number of unbranched alkanes of at least 4 members (excludes halogenated alkanes) is 16. The summed E-state index contributed by atoms with van der Waals surface area (Å²) in [5.74, 6) is -1.05. The molecule has 6 nitrogen and oxygen atoms in total. The van der Waals surface area contributed by atoms with Gasteiger partial charge < -0.3 is 14.2 Å². The van der Waals surface area contributed by atoms with E-state index in [1.165, 1.54) is 64.2 Å². The summed E-state index contributed by atoms with van der Waals surface area (Å²) in [6.07, 6.45) is 54.3. The standard InChI is InChI=1S/C49H80O6/c1-4-7-10-13-16-19-22-24-27-30-33-36-39-42-48(51)54-45-46(44-53-47(50)41-38-35-32-29-26-21-18-15-12-9-6-3)55-49(52)43-40-37-34-31-28-25-23-20-17-14-11-8-5-2/h7,10,13,15-16,18-19,22,24-25,27-28,34,37,46H,4-6,8-9,11-12,14,17,20-21,23,26,29-33,35-36,38-45H2,1-3H3/b10-7-,16-13-,18-15-,22-19-,27-24-,28-25-,37-34-. The van der Waals surface area contributed by atoms with Crippen molar-refractivity contribution in [3.05, 3.63) is 85.1 Å². The second-order valence-electron chi connectivity index (χ2n) is 14.3. The molecule has 1 unspecified atom stereocenters. The lowest BCUT2D eigenvalue weighted by molar-refractivity contribution is -0.166. The highest BCUT2D eigenvalue weighted by Crippen LogP contribution is 2.11. The van der Waals surface area contributed by atoms with Gasteiger partial charge in [-0.2, -0.15) is 0 Å². The van der Waals surface area contributed by atoms with E-state index in [0.29, 0.717) is 19.3 Å². The predicted octanol–water partition coefficient (Wildman–Crippen LogP) is 14.1. The van der Waals surface area contributed by atoms with Gasteiger partial charge in [-0.15, -0.1) is 0 Å². The van der Waals surface area contributed by atoms with Gasteiger partial charge >= 0.3 is 17.9 Å². The van der Waals surface area contributed by atoms with E-state index in [0.717, 1.165) is 77.0 Å². The molecule has 312 valence electrons. The molecule has 0 fully saturated rings. The Labute approximate surface area is 337 Å². The zero-order chi connectivity index (χ0) is 40.1. The van der Waals surface area contributed by atoms with Crippen LogP contribution in [0.4, 0.5) is 0 Å². The third-order valence-electron chi connectivity index (χ3n) is 8.96. The molecule has 1 atom stereocenters. The molecule has 0 saturated heterocycles. The van der Waals surface area contributed by atoms with Crippen molar-refractivity contribution in [3.63, 3.8) is 0 Å². The van der Waals surface area contributed by atoms with Crippen LogP contribution < -0.4 is 0 Å². The smallest absolute Gasteiger partial charge is 0.306 e. The third-order valence-corrected chi connectivity index (χ3v) is 8.96. The Kier molecular flexibility index (Phi) is 40.6. The summed E-state index contributed by atoms with van der Waals surface area (Å²) in [4.78, 5) is 37.6. The number of hydrogen-bond acceptors (Lipinski definition) is 6. The summed E-state index contributed by atoms with van der Waals surface area (Å²) in [5.41, 5.74) is 0. The number of esters is 3. The molecule has 0 saturated carbocycles. The van der Waals surface area contributed by atoms with Gasteiger partial charge in [0.15, 0.2) is 6.10 Å². The molecule has 0 aromatic heterocycles. The number of rotatable bonds is 38. The van der Waals surface area contributed by atoms with Crippen LogP contribution in [0.15, 0.2) is 85.1 Å². The summed E-state index contributed by atoms with van der Waals surface area (Å²) in [6, 6.07) is 0. The zero-order valence-electron chi connectivity index (χ0n) is 35.4. The first-order valence-electron chi connectivity index (χ1n) is 22.1. The number of carbonyl (C=O) groups is 3. The summed E-state index contributed by atoms with van der Waals surface area (Å²) in [7, 11) is 0. The maximum absolute atomic E-state index is 12.7. The van der Waals surface area contributed by atoms with E-state index in [2.05, 4.69) is 63.3 Å². The van der Waals surface area contributed by atoms with E-state index in [4.69, 9.17) is 14.2 Å². The fraction of sp³-hybridized carbons (Fsp3) is 0.653. The average molecular weight is 765 g/mol. The van der Waals surface area contributed by atoms with E-state index in [1.807, 2.05) is 42.5 Å². The van der Waals surface area contributed by atoms with Crippen molar-refractivity contribution < 1.29 is 28.6 Å². The molecule has 55 heavy (non-hydrogen) atoms. The maximum atomic E-state index is 12.7. The van der Waals surface area contributed by atoms with Gasteiger partial charge in [0.1, 0.15) is 13.2 Å². The summed E-state index contributed by atoms with van der Waals surface area (Å²) in [6.45, 7) is 6.32. The molecule has 0 rings (SSSR count). The van der Waals surface area contributed by atoms with E-state index < -0.39 is 12.1 Å². The van der Waals surface area contributed by atoms with Crippen molar-refractivity contribution in [3.8, 4) is 0 Å². The van der Waals surface area contributed by atoms with Gasteiger partial charge in [-0.25, -0.2) is 0 Å². The predicted molar refractivity (Wildman–Crippen MR) is 233 cm³/mol. The molecule has 0 bridgehead atoms. The lowest BCUT2D eigenvalue weighted by Crippen LogP contribution is -2.30. The van der Waals surface area contributed by atoms with Crippen LogP contribution in [-0.2, 0) is 28.6 Å². The van der Waals surface area contributed by atoms with Crippen molar-refractivity contribution in [1.82, 2.24) is 0 Å². The highest BCUT2D eigenvalue weighted by Gasteiger charge is 2.19. The third kappa shape index (κ3) is 41.6. The Hall–Kier alpha value is -3.41. The Morgan fingerprint density at radius 1 is 0.400 bits per heavy atom. The van der Waals surface area contributed by atoms with Gasteiger partial charge in [0, 0.05) is 19.3 Å². The second-order valence-corrected chi connectivity index (χ2v) is 14.3. The van der Waals surface area contributed by atoms with Crippen LogP contribution in [0.3, 0.4) is 0 Å². The van der Waals surface area contributed by atoms with Crippen LogP contribution in [0.1, 0.15) is 188 Å². The first kappa shape index (κ1) is 51.6. The molecule has 0 heterocycles. The van der Waals surface area contributed by atoms with Crippen molar-refractivity contribution in [2.45, 2.75) is 194 Å². The topological polar surface area (TPSA) is 78.9 Å². The first-order valence-corrected chi connectivity index (χ1v) is 22.1. The van der Waals surface area contributed by atoms with Gasteiger partial charge in [-0.3, -0.25) is 14.4 Å². The number of hydrogen-bond donors (Lipinski definition) is 0. The molecule has 0 aliphatic carbocycles. The molecule has 0 aliphatic rings. The van der Waals surface area contributed by atoms with Crippen LogP contribution in [0.2, 0.25) is 0 Å². The lowest BCUT2D eigenvalue weighted by atomic mass is 10.1. The van der Waals surface area contributed by atoms with Crippen molar-refractivity contribution in [1.29, 1.82) is 0 Å². The Bertz CT molecular complexity index is 1110. The minimum absolute atomic E-state index is 0.118. The zero-order valence-corrected chi connectivity index (χ0v) is 35.4. The fourth-order valence-corrected chi connectivity index (χ4v) is 5.60. The Balaban J connectivity index is 4.55. The summed E-state index contributed by atoms with van der Waals surface area (Å²) >= 11 is 0. The second kappa shape index (κ2) is 43.3. The minimum Gasteiger partial charge on any atom is -0.462 e. The molecule has 0 aromatic carbocycles. The van der Waals surface area contributed by atoms with Crippen LogP contribution >= 0.6 is 0 Å². The van der Waals surface area contributed by atoms with Gasteiger partial charge in [0.05, 0.1) is 0 Å². The van der Waals surface area contributed by atoms with Gasteiger partial charge in [-0.05, 0) is 77.0 Å². The van der Waals surface area contributed by atoms with E-state index in [-0.39, 0.29) is 31.6 Å². The van der Waals surface area contributed by atoms with E-state index in [1.54, 1.807) is 0 Å². The molecule has 6 heteroatoms. The van der Waals surface area contributed by atoms with Gasteiger partial charge in [0.25, 0.3) is 0 Å². The minimum atomic E-state index is -0.824. The van der Waals surface area contributed by atoms with Crippen molar-refractivity contribution >= 4 is 17.9 Å². The van der Waals surface area contributed by atoms with Crippen LogP contribution in [0.25, 0.3) is 0 Å². The number of carbonyl (C=O) groups excluding carboxylic acids is 3. The number of allylic oxidation sites excluding steroid dienone is 14. The molecule has 0 aromatic rings. The molecule has 0 N–H and O–H groups in total. The van der Waals surface area contributed by atoms with E-state index >= 15 is 0 Å². The Morgan fingerprint density at radius 3 is 1.42 bits per heavy atom.